The van der Waals surface area contributed by atoms with E-state index < -0.39 is 0 Å². The van der Waals surface area contributed by atoms with Gasteiger partial charge in [0.15, 0.2) is 0 Å². The first kappa shape index (κ1) is 17.9. The maximum atomic E-state index is 6.11. The summed E-state index contributed by atoms with van der Waals surface area (Å²) >= 11 is 0. The van der Waals surface area contributed by atoms with Crippen LogP contribution in [0.2, 0.25) is 0 Å². The Morgan fingerprint density at radius 3 is 2.30 bits per heavy atom. The van der Waals surface area contributed by atoms with Crippen molar-refractivity contribution in [1.82, 2.24) is 4.90 Å². The van der Waals surface area contributed by atoms with Crippen molar-refractivity contribution in [3.8, 4) is 0 Å². The standard InChI is InChI=1S/C17H36N2O/c1-14(2)10-11-19(15-8-6-7-9-15)16(13-18)12-17(3,4)20-5/h14-16H,6-13,18H2,1-5H3. The van der Waals surface area contributed by atoms with E-state index in [4.69, 9.17) is 10.5 Å². The number of nitrogens with two attached hydrogens (primary N) is 1. The van der Waals surface area contributed by atoms with Crippen LogP contribution < -0.4 is 5.73 Å². The second kappa shape index (κ2) is 8.35. The van der Waals surface area contributed by atoms with Gasteiger partial charge in [-0.3, -0.25) is 4.90 Å². The van der Waals surface area contributed by atoms with Crippen LogP contribution in [0, 0.1) is 5.92 Å². The van der Waals surface area contributed by atoms with Gasteiger partial charge < -0.3 is 10.5 Å². The molecular formula is C17H36N2O. The van der Waals surface area contributed by atoms with Gasteiger partial charge in [0, 0.05) is 25.7 Å². The molecule has 0 aromatic rings. The van der Waals surface area contributed by atoms with E-state index in [0.29, 0.717) is 6.04 Å². The highest BCUT2D eigenvalue weighted by atomic mass is 16.5. The SMILES string of the molecule is COC(C)(C)CC(CN)N(CCC(C)C)C1CCCC1. The zero-order chi connectivity index (χ0) is 15.2. The summed E-state index contributed by atoms with van der Waals surface area (Å²) in [5.74, 6) is 0.757. The zero-order valence-electron chi connectivity index (χ0n) is 14.3. The first-order chi connectivity index (χ1) is 9.39. The molecule has 1 rings (SSSR count). The normalized spacial score (nSPS) is 19.2. The number of methoxy groups -OCH3 is 1. The Labute approximate surface area is 126 Å². The molecule has 0 aliphatic heterocycles. The molecule has 1 unspecified atom stereocenters. The van der Waals surface area contributed by atoms with E-state index in [-0.39, 0.29) is 5.60 Å². The first-order valence-electron chi connectivity index (χ1n) is 8.40. The molecule has 3 heteroatoms. The molecule has 120 valence electrons. The minimum absolute atomic E-state index is 0.0846. The van der Waals surface area contributed by atoms with Crippen molar-refractivity contribution in [3.05, 3.63) is 0 Å². The van der Waals surface area contributed by atoms with Crippen LogP contribution in [0.5, 0.6) is 0 Å². The average Bonchev–Trinajstić information content (AvgIpc) is 2.91. The fraction of sp³-hybridized carbons (Fsp3) is 1.00. The van der Waals surface area contributed by atoms with Gasteiger partial charge in [0.25, 0.3) is 0 Å². The van der Waals surface area contributed by atoms with E-state index >= 15 is 0 Å². The lowest BCUT2D eigenvalue weighted by molar-refractivity contribution is -0.0147. The van der Waals surface area contributed by atoms with E-state index in [1.54, 1.807) is 0 Å². The topological polar surface area (TPSA) is 38.5 Å². The smallest absolute Gasteiger partial charge is 0.0638 e. The molecule has 0 aromatic carbocycles. The van der Waals surface area contributed by atoms with Crippen LogP contribution in [0.25, 0.3) is 0 Å². The van der Waals surface area contributed by atoms with Crippen LogP contribution in [0.15, 0.2) is 0 Å². The van der Waals surface area contributed by atoms with Crippen LogP contribution in [0.4, 0.5) is 0 Å². The molecule has 1 atom stereocenters. The highest BCUT2D eigenvalue weighted by Gasteiger charge is 2.31. The molecule has 0 bridgehead atoms. The first-order valence-corrected chi connectivity index (χ1v) is 8.40. The van der Waals surface area contributed by atoms with Crippen LogP contribution in [0.3, 0.4) is 0 Å². The Morgan fingerprint density at radius 2 is 1.85 bits per heavy atom. The van der Waals surface area contributed by atoms with Gasteiger partial charge >= 0.3 is 0 Å². The lowest BCUT2D eigenvalue weighted by atomic mass is 9.95. The predicted molar refractivity (Wildman–Crippen MR) is 87.0 cm³/mol. The number of rotatable bonds is 9. The zero-order valence-corrected chi connectivity index (χ0v) is 14.3. The van der Waals surface area contributed by atoms with E-state index in [0.717, 1.165) is 24.9 Å². The Morgan fingerprint density at radius 1 is 1.25 bits per heavy atom. The summed E-state index contributed by atoms with van der Waals surface area (Å²) in [4.78, 5) is 2.70. The van der Waals surface area contributed by atoms with Crippen molar-refractivity contribution in [3.63, 3.8) is 0 Å². The van der Waals surface area contributed by atoms with Gasteiger partial charge in [-0.15, -0.1) is 0 Å². The van der Waals surface area contributed by atoms with Gasteiger partial charge in [-0.2, -0.15) is 0 Å². The number of hydrogen-bond donors (Lipinski definition) is 1. The minimum Gasteiger partial charge on any atom is -0.379 e. The second-order valence-corrected chi connectivity index (χ2v) is 7.42. The molecule has 1 aliphatic rings. The van der Waals surface area contributed by atoms with E-state index in [2.05, 4.69) is 32.6 Å². The predicted octanol–water partition coefficient (Wildman–Crippen LogP) is 3.42. The van der Waals surface area contributed by atoms with Crippen molar-refractivity contribution >= 4 is 0 Å². The van der Waals surface area contributed by atoms with Crippen LogP contribution >= 0.6 is 0 Å². The van der Waals surface area contributed by atoms with E-state index in [1.165, 1.54) is 38.6 Å². The largest absolute Gasteiger partial charge is 0.379 e. The van der Waals surface area contributed by atoms with Crippen LogP contribution in [-0.2, 0) is 4.74 Å². The van der Waals surface area contributed by atoms with Gasteiger partial charge in [-0.1, -0.05) is 26.7 Å². The molecule has 1 aliphatic carbocycles. The van der Waals surface area contributed by atoms with Gasteiger partial charge in [0.2, 0.25) is 0 Å². The number of ether oxygens (including phenoxy) is 1. The highest BCUT2D eigenvalue weighted by molar-refractivity contribution is 4.87. The maximum absolute atomic E-state index is 6.11. The second-order valence-electron chi connectivity index (χ2n) is 7.42. The third kappa shape index (κ3) is 5.71. The minimum atomic E-state index is -0.0846. The quantitative estimate of drug-likeness (QED) is 0.705. The molecule has 20 heavy (non-hydrogen) atoms. The van der Waals surface area contributed by atoms with Crippen molar-refractivity contribution in [2.45, 2.75) is 83.9 Å². The average molecular weight is 284 g/mol. The highest BCUT2D eigenvalue weighted by Crippen LogP contribution is 2.29. The molecule has 0 spiro atoms. The Kier molecular flexibility index (Phi) is 7.49. The van der Waals surface area contributed by atoms with Gasteiger partial charge in [0.1, 0.15) is 0 Å². The Hall–Kier alpha value is -0.120. The molecule has 0 saturated heterocycles. The lowest BCUT2D eigenvalue weighted by Crippen LogP contribution is -2.49. The van der Waals surface area contributed by atoms with E-state index in [1.807, 2.05) is 7.11 Å². The van der Waals surface area contributed by atoms with Crippen LogP contribution in [0.1, 0.15) is 66.2 Å². The Bertz CT molecular complexity index is 260. The molecule has 0 radical (unpaired) electrons. The lowest BCUT2D eigenvalue weighted by Gasteiger charge is -2.40. The molecule has 1 saturated carbocycles. The van der Waals surface area contributed by atoms with Crippen molar-refractivity contribution in [2.24, 2.45) is 11.7 Å². The van der Waals surface area contributed by atoms with E-state index in [9.17, 15) is 0 Å². The maximum Gasteiger partial charge on any atom is 0.0638 e. The molecule has 3 nitrogen and oxygen atoms in total. The molecule has 2 N–H and O–H groups in total. The summed E-state index contributed by atoms with van der Waals surface area (Å²) in [6, 6.07) is 1.20. The van der Waals surface area contributed by atoms with Gasteiger partial charge in [-0.25, -0.2) is 0 Å². The summed E-state index contributed by atoms with van der Waals surface area (Å²) in [5.41, 5.74) is 6.03. The van der Waals surface area contributed by atoms with Gasteiger partial charge in [0.05, 0.1) is 5.60 Å². The number of hydrogen-bond acceptors (Lipinski definition) is 3. The summed E-state index contributed by atoms with van der Waals surface area (Å²) in [5, 5.41) is 0. The van der Waals surface area contributed by atoms with Crippen molar-refractivity contribution in [1.29, 1.82) is 0 Å². The van der Waals surface area contributed by atoms with Crippen LogP contribution in [-0.4, -0.2) is 42.8 Å². The van der Waals surface area contributed by atoms with Crippen molar-refractivity contribution < 1.29 is 4.74 Å². The van der Waals surface area contributed by atoms with Gasteiger partial charge in [-0.05, 0) is 52.0 Å². The summed E-state index contributed by atoms with van der Waals surface area (Å²) in [7, 11) is 1.81. The molecule has 0 aromatic heterocycles. The third-order valence-electron chi connectivity index (χ3n) is 4.78. The summed E-state index contributed by atoms with van der Waals surface area (Å²) in [6.45, 7) is 10.9. The molecular weight excluding hydrogens is 248 g/mol. The summed E-state index contributed by atoms with van der Waals surface area (Å²) < 4.78 is 5.63. The fourth-order valence-electron chi connectivity index (χ4n) is 3.29. The monoisotopic (exact) mass is 284 g/mol. The van der Waals surface area contributed by atoms with Crippen molar-refractivity contribution in [2.75, 3.05) is 20.2 Å². The molecule has 0 heterocycles. The molecule has 0 amide bonds. The fourth-order valence-corrected chi connectivity index (χ4v) is 3.29. The molecule has 1 fully saturated rings. The Balaban J connectivity index is 2.71. The third-order valence-corrected chi connectivity index (χ3v) is 4.78. The number of nitrogens with zero attached hydrogens (tertiary/aromatic N) is 1. The summed E-state index contributed by atoms with van der Waals surface area (Å²) in [6.07, 6.45) is 7.75.